The van der Waals surface area contributed by atoms with Gasteiger partial charge >= 0.3 is 0 Å². The maximum atomic E-state index is 13.1. The van der Waals surface area contributed by atoms with Gasteiger partial charge in [-0.05, 0) is 67.1 Å². The van der Waals surface area contributed by atoms with Crippen LogP contribution < -0.4 is 10.2 Å². The predicted octanol–water partition coefficient (Wildman–Crippen LogP) is 4.60. The van der Waals surface area contributed by atoms with Crippen molar-refractivity contribution in [3.05, 3.63) is 100 Å². The summed E-state index contributed by atoms with van der Waals surface area (Å²) in [5.41, 5.74) is 4.81. The Morgan fingerprint density at radius 3 is 2.52 bits per heavy atom. The molecule has 3 aromatic rings. The number of anilines is 1. The van der Waals surface area contributed by atoms with Crippen molar-refractivity contribution in [1.29, 1.82) is 0 Å². The van der Waals surface area contributed by atoms with Gasteiger partial charge in [-0.3, -0.25) is 14.4 Å². The molecule has 0 saturated carbocycles. The van der Waals surface area contributed by atoms with E-state index in [4.69, 9.17) is 0 Å². The lowest BCUT2D eigenvalue weighted by Crippen LogP contribution is -2.31. The van der Waals surface area contributed by atoms with E-state index in [0.29, 0.717) is 16.8 Å². The van der Waals surface area contributed by atoms with Gasteiger partial charge in [-0.25, -0.2) is 4.90 Å². The lowest BCUT2D eigenvalue weighted by atomic mass is 9.87. The molecular weight excluding hydrogens is 388 g/mol. The SMILES string of the molecule is Cc1ccccc1N1C(=O)c2ccc(C(=O)NC3CCCc4ccccc43)cc2C1=O. The summed E-state index contributed by atoms with van der Waals surface area (Å²) in [4.78, 5) is 40.2. The normalized spacial score (nSPS) is 17.3. The molecule has 1 aliphatic carbocycles. The van der Waals surface area contributed by atoms with Crippen LogP contribution in [0.1, 0.15) is 66.6 Å². The number of carbonyl (C=O) groups is 3. The van der Waals surface area contributed by atoms with Crippen LogP contribution in [-0.2, 0) is 6.42 Å². The summed E-state index contributed by atoms with van der Waals surface area (Å²) in [7, 11) is 0. The molecule has 0 saturated heterocycles. The molecule has 31 heavy (non-hydrogen) atoms. The van der Waals surface area contributed by atoms with Crippen LogP contribution in [0.25, 0.3) is 0 Å². The summed E-state index contributed by atoms with van der Waals surface area (Å²) >= 11 is 0. The Balaban J connectivity index is 1.42. The van der Waals surface area contributed by atoms with E-state index in [2.05, 4.69) is 17.4 Å². The zero-order valence-corrected chi connectivity index (χ0v) is 17.2. The van der Waals surface area contributed by atoms with E-state index in [1.807, 2.05) is 31.2 Å². The highest BCUT2D eigenvalue weighted by molar-refractivity contribution is 6.35. The molecule has 0 radical (unpaired) electrons. The summed E-state index contributed by atoms with van der Waals surface area (Å²) in [6, 6.07) is 20.1. The molecule has 3 aromatic carbocycles. The average Bonchev–Trinajstić information content (AvgIpc) is 3.04. The fourth-order valence-electron chi connectivity index (χ4n) is 4.56. The third kappa shape index (κ3) is 3.22. The van der Waals surface area contributed by atoms with Gasteiger partial charge in [0.15, 0.2) is 0 Å². The molecule has 2 aliphatic rings. The maximum Gasteiger partial charge on any atom is 0.266 e. The van der Waals surface area contributed by atoms with Gasteiger partial charge in [0.2, 0.25) is 0 Å². The van der Waals surface area contributed by atoms with Crippen LogP contribution in [0.3, 0.4) is 0 Å². The molecule has 1 aliphatic heterocycles. The second-order valence-electron chi connectivity index (χ2n) is 8.11. The summed E-state index contributed by atoms with van der Waals surface area (Å²) in [5.74, 6) is -0.992. The number of imide groups is 1. The largest absolute Gasteiger partial charge is 0.345 e. The summed E-state index contributed by atoms with van der Waals surface area (Å²) in [6.45, 7) is 1.86. The molecule has 1 N–H and O–H groups in total. The third-order valence-electron chi connectivity index (χ3n) is 6.18. The highest BCUT2D eigenvalue weighted by atomic mass is 16.2. The van der Waals surface area contributed by atoms with E-state index in [0.717, 1.165) is 30.4 Å². The molecule has 1 atom stereocenters. The van der Waals surface area contributed by atoms with Crippen molar-refractivity contribution in [1.82, 2.24) is 5.32 Å². The number of rotatable bonds is 3. The van der Waals surface area contributed by atoms with E-state index in [1.54, 1.807) is 24.3 Å². The van der Waals surface area contributed by atoms with E-state index in [-0.39, 0.29) is 23.4 Å². The van der Waals surface area contributed by atoms with Crippen molar-refractivity contribution in [2.45, 2.75) is 32.2 Å². The molecule has 5 nitrogen and oxygen atoms in total. The molecule has 154 valence electrons. The van der Waals surface area contributed by atoms with Gasteiger partial charge < -0.3 is 5.32 Å². The minimum atomic E-state index is -0.396. The first-order chi connectivity index (χ1) is 15.0. The lowest BCUT2D eigenvalue weighted by Gasteiger charge is -2.26. The molecule has 3 amide bonds. The zero-order chi connectivity index (χ0) is 21.5. The Morgan fingerprint density at radius 1 is 0.935 bits per heavy atom. The van der Waals surface area contributed by atoms with Crippen LogP contribution in [0.5, 0.6) is 0 Å². The number of fused-ring (bicyclic) bond motifs is 2. The molecule has 0 bridgehead atoms. The van der Waals surface area contributed by atoms with Gasteiger partial charge in [0.25, 0.3) is 17.7 Å². The number of nitrogens with zero attached hydrogens (tertiary/aromatic N) is 1. The van der Waals surface area contributed by atoms with Gasteiger partial charge in [0.05, 0.1) is 22.9 Å². The van der Waals surface area contributed by atoms with Gasteiger partial charge in [-0.2, -0.15) is 0 Å². The van der Waals surface area contributed by atoms with E-state index < -0.39 is 5.91 Å². The highest BCUT2D eigenvalue weighted by Crippen LogP contribution is 2.32. The maximum absolute atomic E-state index is 13.1. The van der Waals surface area contributed by atoms with Crippen molar-refractivity contribution < 1.29 is 14.4 Å². The van der Waals surface area contributed by atoms with Gasteiger partial charge in [0.1, 0.15) is 0 Å². The van der Waals surface area contributed by atoms with Crippen molar-refractivity contribution in [3.63, 3.8) is 0 Å². The molecule has 1 heterocycles. The number of hydrogen-bond acceptors (Lipinski definition) is 3. The third-order valence-corrected chi connectivity index (χ3v) is 6.18. The molecule has 5 rings (SSSR count). The minimum Gasteiger partial charge on any atom is -0.345 e. The van der Waals surface area contributed by atoms with E-state index in [9.17, 15) is 14.4 Å². The molecule has 5 heteroatoms. The molecular formula is C26H22N2O3. The van der Waals surface area contributed by atoms with Gasteiger partial charge in [-0.15, -0.1) is 0 Å². The summed E-state index contributed by atoms with van der Waals surface area (Å²) in [5, 5.41) is 3.11. The number of nitrogens with one attached hydrogen (secondary N) is 1. The Bertz CT molecular complexity index is 1230. The van der Waals surface area contributed by atoms with E-state index in [1.165, 1.54) is 16.5 Å². The Hall–Kier alpha value is -3.73. The number of aryl methyl sites for hydroxylation is 2. The number of hydrogen-bond donors (Lipinski definition) is 1. The Kier molecular flexibility index (Phi) is 4.66. The Morgan fingerprint density at radius 2 is 1.68 bits per heavy atom. The van der Waals surface area contributed by atoms with Crippen LogP contribution in [0.15, 0.2) is 66.7 Å². The molecule has 0 aromatic heterocycles. The van der Waals surface area contributed by atoms with Gasteiger partial charge in [-0.1, -0.05) is 42.5 Å². The highest BCUT2D eigenvalue weighted by Gasteiger charge is 2.37. The number of para-hydroxylation sites is 1. The predicted molar refractivity (Wildman–Crippen MR) is 118 cm³/mol. The topological polar surface area (TPSA) is 66.5 Å². The molecule has 0 spiro atoms. The van der Waals surface area contributed by atoms with Crippen LogP contribution in [0.4, 0.5) is 5.69 Å². The zero-order valence-electron chi connectivity index (χ0n) is 17.2. The van der Waals surface area contributed by atoms with Crippen molar-refractivity contribution in [2.75, 3.05) is 4.90 Å². The monoisotopic (exact) mass is 410 g/mol. The molecule has 1 unspecified atom stereocenters. The van der Waals surface area contributed by atoms with Crippen molar-refractivity contribution in [2.24, 2.45) is 0 Å². The summed E-state index contributed by atoms with van der Waals surface area (Å²) < 4.78 is 0. The van der Waals surface area contributed by atoms with Crippen molar-refractivity contribution >= 4 is 23.4 Å². The second kappa shape index (κ2) is 7.51. The first-order valence-electron chi connectivity index (χ1n) is 10.5. The second-order valence-corrected chi connectivity index (χ2v) is 8.11. The van der Waals surface area contributed by atoms with E-state index >= 15 is 0 Å². The fraction of sp³-hybridized carbons (Fsp3) is 0.192. The molecule has 0 fully saturated rings. The van der Waals surface area contributed by atoms with Gasteiger partial charge in [0, 0.05) is 5.56 Å². The van der Waals surface area contributed by atoms with Crippen molar-refractivity contribution in [3.8, 4) is 0 Å². The number of amides is 3. The average molecular weight is 410 g/mol. The van der Waals surface area contributed by atoms with Crippen LogP contribution in [0.2, 0.25) is 0 Å². The van der Waals surface area contributed by atoms with Crippen LogP contribution in [0, 0.1) is 6.92 Å². The Labute approximate surface area is 180 Å². The first-order valence-corrected chi connectivity index (χ1v) is 10.5. The fourth-order valence-corrected chi connectivity index (χ4v) is 4.56. The minimum absolute atomic E-state index is 0.0495. The summed E-state index contributed by atoms with van der Waals surface area (Å²) in [6.07, 6.45) is 2.92. The van der Waals surface area contributed by atoms with Crippen LogP contribution >= 0.6 is 0 Å². The smallest absolute Gasteiger partial charge is 0.266 e. The lowest BCUT2D eigenvalue weighted by molar-refractivity contribution is 0.0920. The number of carbonyl (C=O) groups excluding carboxylic acids is 3. The first kappa shape index (κ1) is 19.2. The number of benzene rings is 3. The van der Waals surface area contributed by atoms with Crippen LogP contribution in [-0.4, -0.2) is 17.7 Å². The standard InChI is InChI=1S/C26H22N2O3/c1-16-7-2-5-12-23(16)28-25(30)20-14-13-18(15-21(20)26(28)31)24(29)27-22-11-6-9-17-8-3-4-10-19(17)22/h2-5,7-8,10,12-15,22H,6,9,11H2,1H3,(H,27,29). The quantitative estimate of drug-likeness (QED) is 0.642.